The Morgan fingerprint density at radius 3 is 2.86 bits per heavy atom. The zero-order valence-electron chi connectivity index (χ0n) is 14.3. The smallest absolute Gasteiger partial charge is 0.351 e. The number of nitrogen functional groups attached to an aromatic ring is 1. The fraction of sp³-hybridized carbons (Fsp3) is 0.353. The Balaban J connectivity index is 1.68. The summed E-state index contributed by atoms with van der Waals surface area (Å²) in [7, 11) is 0. The lowest BCUT2D eigenvalue weighted by Crippen LogP contribution is -2.43. The Morgan fingerprint density at radius 1 is 1.43 bits per heavy atom. The standard InChI is InChI=1S/C17H16F3N5O3/c18-11-2-1-9(5-10(11)6-21)7-23-8-12-14(26)17(19,20)15(28-12)25-4-3-13(22)24-16(25)27/h1-5,12,14-15,23,26H,7-8H2,(H2,22,24,27)/t12-,14-,15-/m1/s1. The van der Waals surface area contributed by atoms with Crippen molar-refractivity contribution in [3.63, 3.8) is 0 Å². The maximum Gasteiger partial charge on any atom is 0.351 e. The molecule has 3 atom stereocenters. The highest BCUT2D eigenvalue weighted by Crippen LogP contribution is 2.41. The highest BCUT2D eigenvalue weighted by atomic mass is 19.3. The average molecular weight is 395 g/mol. The summed E-state index contributed by atoms with van der Waals surface area (Å²) >= 11 is 0. The highest BCUT2D eigenvalue weighted by molar-refractivity contribution is 5.34. The topological polar surface area (TPSA) is 126 Å². The van der Waals surface area contributed by atoms with Crippen LogP contribution in [0.25, 0.3) is 0 Å². The number of alkyl halides is 2. The van der Waals surface area contributed by atoms with Gasteiger partial charge in [-0.2, -0.15) is 19.0 Å². The van der Waals surface area contributed by atoms with Crippen molar-refractivity contribution in [1.82, 2.24) is 14.9 Å². The normalized spacial score (nSPS) is 23.5. The fourth-order valence-corrected chi connectivity index (χ4v) is 2.87. The maximum absolute atomic E-state index is 14.4. The van der Waals surface area contributed by atoms with E-state index >= 15 is 0 Å². The van der Waals surface area contributed by atoms with E-state index in [0.29, 0.717) is 10.1 Å². The minimum atomic E-state index is -3.74. The van der Waals surface area contributed by atoms with Gasteiger partial charge in [0, 0.05) is 19.3 Å². The Morgan fingerprint density at radius 2 is 2.18 bits per heavy atom. The van der Waals surface area contributed by atoms with Crippen molar-refractivity contribution in [2.75, 3.05) is 12.3 Å². The van der Waals surface area contributed by atoms with Gasteiger partial charge in [0.15, 0.2) is 0 Å². The molecule has 0 saturated carbocycles. The lowest BCUT2D eigenvalue weighted by molar-refractivity contribution is -0.140. The lowest BCUT2D eigenvalue weighted by Gasteiger charge is -2.20. The molecule has 3 rings (SSSR count). The van der Waals surface area contributed by atoms with Crippen molar-refractivity contribution < 1.29 is 23.0 Å². The molecule has 2 aromatic rings. The first kappa shape index (κ1) is 19.8. The summed E-state index contributed by atoms with van der Waals surface area (Å²) in [5, 5.41) is 21.6. The number of aliphatic hydroxyl groups excluding tert-OH is 1. The van der Waals surface area contributed by atoms with Crippen LogP contribution in [-0.2, 0) is 11.3 Å². The number of benzene rings is 1. The Labute approximate surface area is 157 Å². The van der Waals surface area contributed by atoms with Crippen molar-refractivity contribution in [2.45, 2.75) is 30.9 Å². The molecule has 11 heteroatoms. The van der Waals surface area contributed by atoms with E-state index in [0.717, 1.165) is 12.3 Å². The molecular weight excluding hydrogens is 379 g/mol. The van der Waals surface area contributed by atoms with E-state index < -0.39 is 35.9 Å². The largest absolute Gasteiger partial charge is 0.384 e. The van der Waals surface area contributed by atoms with Crippen LogP contribution in [0.2, 0.25) is 0 Å². The molecule has 28 heavy (non-hydrogen) atoms. The van der Waals surface area contributed by atoms with Crippen molar-refractivity contribution in [1.29, 1.82) is 5.26 Å². The number of anilines is 1. The number of ether oxygens (including phenoxy) is 1. The fourth-order valence-electron chi connectivity index (χ4n) is 2.87. The summed E-state index contributed by atoms with van der Waals surface area (Å²) in [5.41, 5.74) is 4.72. The van der Waals surface area contributed by atoms with Gasteiger partial charge >= 0.3 is 11.6 Å². The predicted molar refractivity (Wildman–Crippen MR) is 90.6 cm³/mol. The number of hydrogen-bond donors (Lipinski definition) is 3. The molecule has 0 radical (unpaired) electrons. The first-order valence-electron chi connectivity index (χ1n) is 8.19. The van der Waals surface area contributed by atoms with Crippen LogP contribution in [0.1, 0.15) is 17.4 Å². The van der Waals surface area contributed by atoms with Crippen LogP contribution >= 0.6 is 0 Å². The zero-order valence-corrected chi connectivity index (χ0v) is 14.3. The van der Waals surface area contributed by atoms with E-state index in [1.807, 2.05) is 0 Å². The van der Waals surface area contributed by atoms with E-state index in [4.69, 9.17) is 15.7 Å². The molecule has 1 saturated heterocycles. The molecule has 1 aliphatic heterocycles. The number of halogens is 3. The summed E-state index contributed by atoms with van der Waals surface area (Å²) in [4.78, 5) is 15.2. The number of aromatic nitrogens is 2. The van der Waals surface area contributed by atoms with Gasteiger partial charge in [-0.1, -0.05) is 6.07 Å². The van der Waals surface area contributed by atoms with Crippen LogP contribution in [-0.4, -0.2) is 39.3 Å². The van der Waals surface area contributed by atoms with Gasteiger partial charge in [0.05, 0.1) is 5.56 Å². The van der Waals surface area contributed by atoms with Crippen molar-refractivity contribution in [3.8, 4) is 6.07 Å². The molecule has 8 nitrogen and oxygen atoms in total. The number of aliphatic hydroxyl groups is 1. The van der Waals surface area contributed by atoms with Crippen molar-refractivity contribution in [3.05, 3.63) is 57.9 Å². The number of nitrogens with zero attached hydrogens (tertiary/aromatic N) is 3. The van der Waals surface area contributed by atoms with Gasteiger partial charge in [-0.15, -0.1) is 0 Å². The molecule has 148 valence electrons. The third kappa shape index (κ3) is 3.70. The Hall–Kier alpha value is -2.94. The molecule has 1 fully saturated rings. The Kier molecular flexibility index (Phi) is 5.37. The third-order valence-electron chi connectivity index (χ3n) is 4.31. The van der Waals surface area contributed by atoms with Gasteiger partial charge in [0.2, 0.25) is 6.23 Å². The molecule has 0 bridgehead atoms. The van der Waals surface area contributed by atoms with Gasteiger partial charge in [-0.25, -0.2) is 9.18 Å². The maximum atomic E-state index is 14.4. The van der Waals surface area contributed by atoms with E-state index in [-0.39, 0.29) is 24.5 Å². The van der Waals surface area contributed by atoms with Crippen LogP contribution in [0, 0.1) is 17.1 Å². The first-order chi connectivity index (χ1) is 13.2. The van der Waals surface area contributed by atoms with E-state index in [2.05, 4.69) is 10.3 Å². The number of nitriles is 1. The lowest BCUT2D eigenvalue weighted by atomic mass is 10.1. The monoisotopic (exact) mass is 395 g/mol. The van der Waals surface area contributed by atoms with Crippen LogP contribution in [0.3, 0.4) is 0 Å². The second-order valence-electron chi connectivity index (χ2n) is 6.25. The SMILES string of the molecule is N#Cc1cc(CNC[C@H]2O[C@@H](n3ccc(N)nc3=O)C(F)(F)[C@@H]2O)ccc1F. The second-order valence-corrected chi connectivity index (χ2v) is 6.25. The summed E-state index contributed by atoms with van der Waals surface area (Å²) in [6.07, 6.45) is -4.50. The van der Waals surface area contributed by atoms with Gasteiger partial charge in [0.25, 0.3) is 0 Å². The van der Waals surface area contributed by atoms with Crippen LogP contribution < -0.4 is 16.7 Å². The van der Waals surface area contributed by atoms with Crippen LogP contribution in [0.4, 0.5) is 19.0 Å². The summed E-state index contributed by atoms with van der Waals surface area (Å²) in [5.74, 6) is -4.53. The molecule has 4 N–H and O–H groups in total. The van der Waals surface area contributed by atoms with Gasteiger partial charge in [-0.05, 0) is 23.8 Å². The number of nitrogens with two attached hydrogens (primary N) is 1. The molecule has 1 aromatic carbocycles. The summed E-state index contributed by atoms with van der Waals surface area (Å²) in [6, 6.07) is 6.76. The zero-order chi connectivity index (χ0) is 20.5. The molecule has 0 spiro atoms. The molecule has 0 unspecified atom stereocenters. The van der Waals surface area contributed by atoms with Crippen LogP contribution in [0.15, 0.2) is 35.3 Å². The van der Waals surface area contributed by atoms with E-state index in [1.54, 1.807) is 6.07 Å². The second kappa shape index (κ2) is 7.59. The van der Waals surface area contributed by atoms with Gasteiger partial charge in [0.1, 0.15) is 29.9 Å². The predicted octanol–water partition coefficient (Wildman–Crippen LogP) is 0.520. The molecule has 0 aliphatic carbocycles. The first-order valence-corrected chi connectivity index (χ1v) is 8.19. The van der Waals surface area contributed by atoms with Gasteiger partial charge in [-0.3, -0.25) is 4.57 Å². The highest BCUT2D eigenvalue weighted by Gasteiger charge is 2.59. The van der Waals surface area contributed by atoms with E-state index in [1.165, 1.54) is 18.2 Å². The van der Waals surface area contributed by atoms with Crippen LogP contribution in [0.5, 0.6) is 0 Å². The summed E-state index contributed by atoms with van der Waals surface area (Å²) < 4.78 is 47.9. The summed E-state index contributed by atoms with van der Waals surface area (Å²) in [6.45, 7) is -0.0508. The molecule has 1 aliphatic rings. The van der Waals surface area contributed by atoms with E-state index in [9.17, 15) is 23.1 Å². The molecule has 1 aromatic heterocycles. The third-order valence-corrected chi connectivity index (χ3v) is 4.31. The quantitative estimate of drug-likeness (QED) is 0.674. The molecular formula is C17H16F3N5O3. The van der Waals surface area contributed by atoms with Crippen molar-refractivity contribution >= 4 is 5.82 Å². The molecule has 0 amide bonds. The molecule has 2 heterocycles. The average Bonchev–Trinajstić information content (AvgIpc) is 2.87. The minimum Gasteiger partial charge on any atom is -0.384 e. The number of hydrogen-bond acceptors (Lipinski definition) is 7. The minimum absolute atomic E-state index is 0.126. The van der Waals surface area contributed by atoms with Crippen molar-refractivity contribution in [2.24, 2.45) is 0 Å². The number of nitrogens with one attached hydrogen (secondary N) is 1. The van der Waals surface area contributed by atoms with Gasteiger partial charge < -0.3 is 20.9 Å². The number of rotatable bonds is 5. The Bertz CT molecular complexity index is 975.